The topological polar surface area (TPSA) is 95.4 Å². The zero-order valence-electron chi connectivity index (χ0n) is 10.4. The zero-order valence-corrected chi connectivity index (χ0v) is 11.2. The molecule has 0 amide bonds. The number of sulfonamides is 1. The van der Waals surface area contributed by atoms with Crippen LogP contribution < -0.4 is 15.6 Å². The van der Waals surface area contributed by atoms with Gasteiger partial charge in [0.25, 0.3) is 0 Å². The Morgan fingerprint density at radius 1 is 1.10 bits per heavy atom. The van der Waals surface area contributed by atoms with Gasteiger partial charge in [-0.2, -0.15) is 0 Å². The van der Waals surface area contributed by atoms with Crippen LogP contribution in [0.5, 0.6) is 11.5 Å². The Bertz CT molecular complexity index is 715. The van der Waals surface area contributed by atoms with Crippen molar-refractivity contribution in [2.24, 2.45) is 10.9 Å². The highest BCUT2D eigenvalue weighted by molar-refractivity contribution is 7.89. The van der Waals surface area contributed by atoms with Crippen LogP contribution in [0.4, 0.5) is 4.39 Å². The van der Waals surface area contributed by atoms with Crippen molar-refractivity contribution in [1.82, 2.24) is 0 Å². The summed E-state index contributed by atoms with van der Waals surface area (Å²) in [6.45, 7) is 0.400. The maximum absolute atomic E-state index is 13.7. The number of ether oxygens (including phenoxy) is 1. The molecule has 2 rings (SSSR count). The van der Waals surface area contributed by atoms with E-state index in [9.17, 15) is 12.8 Å². The maximum Gasteiger partial charge on any atom is 0.238 e. The minimum Gasteiger partial charge on any atom is -0.454 e. The van der Waals surface area contributed by atoms with Gasteiger partial charge in [0.1, 0.15) is 5.75 Å². The van der Waals surface area contributed by atoms with Gasteiger partial charge in [0.05, 0.1) is 4.90 Å². The molecule has 0 aliphatic carbocycles. The molecule has 0 heterocycles. The summed E-state index contributed by atoms with van der Waals surface area (Å²) in [5.41, 5.74) is 6.38. The summed E-state index contributed by atoms with van der Waals surface area (Å²) in [5.74, 6) is -0.471. The Hall–Kier alpha value is -1.96. The number of halogens is 1. The Balaban J connectivity index is 2.25. The molecule has 0 saturated carbocycles. The quantitative estimate of drug-likeness (QED) is 0.898. The molecule has 5 nitrogen and oxygen atoms in total. The van der Waals surface area contributed by atoms with Gasteiger partial charge in [-0.15, -0.1) is 0 Å². The van der Waals surface area contributed by atoms with Gasteiger partial charge in [-0.05, 0) is 35.9 Å². The summed E-state index contributed by atoms with van der Waals surface area (Å²) in [4.78, 5) is -0.305. The lowest BCUT2D eigenvalue weighted by Gasteiger charge is -2.08. The standard InChI is InChI=1S/C13H13FN2O3S/c14-12-7-11(20(16,17)18)5-6-13(12)19-10-3-1-9(8-15)2-4-10/h1-7H,8,15H2,(H2,16,17,18). The van der Waals surface area contributed by atoms with E-state index < -0.39 is 15.8 Å². The second-order valence-corrected chi connectivity index (χ2v) is 5.65. The number of nitrogens with two attached hydrogens (primary N) is 2. The molecule has 0 aliphatic rings. The Kier molecular flexibility index (Phi) is 4.03. The molecule has 106 valence electrons. The lowest BCUT2D eigenvalue weighted by Crippen LogP contribution is -2.12. The van der Waals surface area contributed by atoms with Crippen molar-refractivity contribution >= 4 is 10.0 Å². The van der Waals surface area contributed by atoms with Crippen LogP contribution in [0.3, 0.4) is 0 Å². The van der Waals surface area contributed by atoms with E-state index >= 15 is 0 Å². The van der Waals surface area contributed by atoms with Gasteiger partial charge < -0.3 is 10.5 Å². The van der Waals surface area contributed by atoms with E-state index in [0.29, 0.717) is 12.3 Å². The van der Waals surface area contributed by atoms with Crippen molar-refractivity contribution in [2.45, 2.75) is 11.4 Å². The van der Waals surface area contributed by atoms with Crippen LogP contribution in [-0.4, -0.2) is 8.42 Å². The van der Waals surface area contributed by atoms with Crippen LogP contribution in [0.2, 0.25) is 0 Å². The average molecular weight is 296 g/mol. The number of benzene rings is 2. The SMILES string of the molecule is NCc1ccc(Oc2ccc(S(N)(=O)=O)cc2F)cc1. The smallest absolute Gasteiger partial charge is 0.238 e. The molecule has 0 atom stereocenters. The second-order valence-electron chi connectivity index (χ2n) is 4.09. The monoisotopic (exact) mass is 296 g/mol. The van der Waals surface area contributed by atoms with Crippen LogP contribution in [0, 0.1) is 5.82 Å². The fourth-order valence-electron chi connectivity index (χ4n) is 1.56. The summed E-state index contributed by atoms with van der Waals surface area (Å²) in [6.07, 6.45) is 0. The minimum atomic E-state index is -3.93. The van der Waals surface area contributed by atoms with Crippen molar-refractivity contribution in [2.75, 3.05) is 0 Å². The van der Waals surface area contributed by atoms with Gasteiger partial charge in [-0.3, -0.25) is 0 Å². The zero-order chi connectivity index (χ0) is 14.8. The molecule has 0 spiro atoms. The fraction of sp³-hybridized carbons (Fsp3) is 0.0769. The van der Waals surface area contributed by atoms with E-state index in [-0.39, 0.29) is 10.6 Å². The average Bonchev–Trinajstić information content (AvgIpc) is 2.41. The molecule has 2 aromatic rings. The van der Waals surface area contributed by atoms with Crippen LogP contribution in [0.15, 0.2) is 47.4 Å². The highest BCUT2D eigenvalue weighted by Gasteiger charge is 2.12. The van der Waals surface area contributed by atoms with E-state index in [0.717, 1.165) is 11.6 Å². The number of rotatable bonds is 4. The molecule has 20 heavy (non-hydrogen) atoms. The highest BCUT2D eigenvalue weighted by Crippen LogP contribution is 2.26. The van der Waals surface area contributed by atoms with E-state index in [1.807, 2.05) is 0 Å². The first-order chi connectivity index (χ1) is 9.40. The first-order valence-electron chi connectivity index (χ1n) is 5.69. The van der Waals surface area contributed by atoms with Crippen molar-refractivity contribution < 1.29 is 17.5 Å². The third kappa shape index (κ3) is 3.32. The summed E-state index contributed by atoms with van der Waals surface area (Å²) in [7, 11) is -3.93. The lowest BCUT2D eigenvalue weighted by molar-refractivity contribution is 0.440. The molecular weight excluding hydrogens is 283 g/mol. The number of primary sulfonamides is 1. The summed E-state index contributed by atoms with van der Waals surface area (Å²) >= 11 is 0. The van der Waals surface area contributed by atoms with Gasteiger partial charge >= 0.3 is 0 Å². The molecule has 2 aromatic carbocycles. The van der Waals surface area contributed by atoms with Crippen LogP contribution >= 0.6 is 0 Å². The van der Waals surface area contributed by atoms with Gasteiger partial charge in [-0.25, -0.2) is 17.9 Å². The molecule has 7 heteroatoms. The molecular formula is C13H13FN2O3S. The van der Waals surface area contributed by atoms with Crippen molar-refractivity contribution in [1.29, 1.82) is 0 Å². The molecule has 0 fully saturated rings. The third-order valence-electron chi connectivity index (χ3n) is 2.62. The molecule has 0 aromatic heterocycles. The largest absolute Gasteiger partial charge is 0.454 e. The van der Waals surface area contributed by atoms with E-state index in [4.69, 9.17) is 15.6 Å². The van der Waals surface area contributed by atoms with Crippen LogP contribution in [-0.2, 0) is 16.6 Å². The van der Waals surface area contributed by atoms with Crippen LogP contribution in [0.1, 0.15) is 5.56 Å². The van der Waals surface area contributed by atoms with Gasteiger partial charge in [0.2, 0.25) is 10.0 Å². The highest BCUT2D eigenvalue weighted by atomic mass is 32.2. The van der Waals surface area contributed by atoms with Crippen molar-refractivity contribution in [3.8, 4) is 11.5 Å². The summed E-state index contributed by atoms with van der Waals surface area (Å²) < 4.78 is 41.2. The summed E-state index contributed by atoms with van der Waals surface area (Å²) in [6, 6.07) is 10.0. The number of hydrogen-bond donors (Lipinski definition) is 2. The Morgan fingerprint density at radius 2 is 1.75 bits per heavy atom. The molecule has 0 radical (unpaired) electrons. The lowest BCUT2D eigenvalue weighted by atomic mass is 10.2. The van der Waals surface area contributed by atoms with E-state index in [1.165, 1.54) is 12.1 Å². The predicted octanol–water partition coefficient (Wildman–Crippen LogP) is 1.72. The van der Waals surface area contributed by atoms with Gasteiger partial charge in [-0.1, -0.05) is 12.1 Å². The number of hydrogen-bond acceptors (Lipinski definition) is 4. The Labute approximate surface area is 116 Å². The molecule has 0 unspecified atom stereocenters. The first kappa shape index (κ1) is 14.4. The van der Waals surface area contributed by atoms with Crippen molar-refractivity contribution in [3.05, 3.63) is 53.8 Å². The maximum atomic E-state index is 13.7. The van der Waals surface area contributed by atoms with E-state index in [1.54, 1.807) is 24.3 Å². The second kappa shape index (κ2) is 5.58. The Morgan fingerprint density at radius 3 is 2.25 bits per heavy atom. The fourth-order valence-corrected chi connectivity index (χ4v) is 2.09. The molecule has 0 saturated heterocycles. The van der Waals surface area contributed by atoms with Crippen molar-refractivity contribution in [3.63, 3.8) is 0 Å². The van der Waals surface area contributed by atoms with E-state index in [2.05, 4.69) is 0 Å². The minimum absolute atomic E-state index is 0.0853. The van der Waals surface area contributed by atoms with Gasteiger partial charge in [0, 0.05) is 6.54 Å². The first-order valence-corrected chi connectivity index (χ1v) is 7.24. The molecule has 4 N–H and O–H groups in total. The van der Waals surface area contributed by atoms with Gasteiger partial charge in [0.15, 0.2) is 11.6 Å². The molecule has 0 aliphatic heterocycles. The van der Waals surface area contributed by atoms with Crippen LogP contribution in [0.25, 0.3) is 0 Å². The third-order valence-corrected chi connectivity index (χ3v) is 3.53. The normalized spacial score (nSPS) is 11.3. The predicted molar refractivity (Wildman–Crippen MR) is 72.2 cm³/mol. The molecule has 0 bridgehead atoms. The summed E-state index contributed by atoms with van der Waals surface area (Å²) in [5, 5.41) is 4.91.